The van der Waals surface area contributed by atoms with Crippen LogP contribution in [-0.4, -0.2) is 9.97 Å². The minimum atomic E-state index is 1.06. The van der Waals surface area contributed by atoms with E-state index in [1.807, 2.05) is 22.7 Å². The number of hydrogen-bond acceptors (Lipinski definition) is 6. The van der Waals surface area contributed by atoms with Gasteiger partial charge in [-0.3, -0.25) is 0 Å². The Morgan fingerprint density at radius 3 is 1.33 bits per heavy atom. The summed E-state index contributed by atoms with van der Waals surface area (Å²) in [6, 6.07) is 39.9. The molecule has 0 aliphatic rings. The molecule has 0 unspecified atom stereocenters. The third-order valence-electron chi connectivity index (χ3n) is 8.13. The van der Waals surface area contributed by atoms with Gasteiger partial charge in [0.2, 0.25) is 0 Å². The summed E-state index contributed by atoms with van der Waals surface area (Å²) < 4.78 is 5.04. The van der Waals surface area contributed by atoms with Gasteiger partial charge in [-0.15, -0.1) is 45.3 Å². The predicted octanol–water partition coefficient (Wildman–Crippen LogP) is 12.1. The van der Waals surface area contributed by atoms with E-state index in [0.717, 1.165) is 21.0 Å². The lowest BCUT2D eigenvalue weighted by molar-refractivity contribution is 1.50. The molecule has 4 aromatic heterocycles. The Balaban J connectivity index is 1.07. The van der Waals surface area contributed by atoms with Crippen LogP contribution >= 0.6 is 45.3 Å². The lowest BCUT2D eigenvalue weighted by Gasteiger charge is -1.97. The van der Waals surface area contributed by atoms with Gasteiger partial charge in [-0.2, -0.15) is 0 Å². The molecule has 0 saturated heterocycles. The third kappa shape index (κ3) is 3.47. The SMILES string of the molecule is c1ccc2c(c1)ccc1sc(-c3nc4cc5cc6sc(-c7cc8c(ccc9ccccc98)s7)nc6cc5cc4s3)cc12. The van der Waals surface area contributed by atoms with Gasteiger partial charge in [-0.05, 0) is 80.8 Å². The fourth-order valence-corrected chi connectivity index (χ4v) is 10.3. The van der Waals surface area contributed by atoms with Crippen molar-refractivity contribution in [2.45, 2.75) is 0 Å². The van der Waals surface area contributed by atoms with Crippen LogP contribution in [-0.2, 0) is 0 Å². The normalized spacial score (nSPS) is 12.3. The van der Waals surface area contributed by atoms with Crippen LogP contribution in [0.15, 0.2) is 109 Å². The van der Waals surface area contributed by atoms with Crippen molar-refractivity contribution in [2.75, 3.05) is 0 Å². The number of thiazole rings is 2. The van der Waals surface area contributed by atoms with Crippen LogP contribution < -0.4 is 0 Å². The maximum atomic E-state index is 5.11. The Hall–Kier alpha value is -4.20. The second kappa shape index (κ2) is 8.66. The molecule has 0 radical (unpaired) electrons. The molecule has 2 nitrogen and oxygen atoms in total. The Bertz CT molecular complexity index is 2450. The topological polar surface area (TPSA) is 25.8 Å². The number of hydrogen-bond donors (Lipinski definition) is 0. The first-order valence-corrected chi connectivity index (χ1v) is 17.0. The van der Waals surface area contributed by atoms with E-state index < -0.39 is 0 Å². The van der Waals surface area contributed by atoms with Gasteiger partial charge in [0.15, 0.2) is 0 Å². The van der Waals surface area contributed by atoms with Crippen LogP contribution in [0.2, 0.25) is 0 Å². The third-order valence-corrected chi connectivity index (χ3v) is 12.7. The highest BCUT2D eigenvalue weighted by molar-refractivity contribution is 7.29. The number of thiophene rings is 2. The van der Waals surface area contributed by atoms with Crippen LogP contribution in [0.1, 0.15) is 0 Å². The van der Waals surface area contributed by atoms with E-state index >= 15 is 0 Å². The van der Waals surface area contributed by atoms with Crippen molar-refractivity contribution in [3.8, 4) is 19.8 Å². The summed E-state index contributed by atoms with van der Waals surface area (Å²) in [5, 5.41) is 12.4. The number of rotatable bonds is 2. The standard InChI is InChI=1S/C36H18N2S4/c1-3-7-23-19(5-1)9-11-29-25(23)17-33(39-29)35-37-27-13-21-16-32-28(14-22(21)15-31(27)41-35)38-36(42-32)34-18-26-24-8-4-2-6-20(24)10-12-30(26)40-34/h1-18H. The van der Waals surface area contributed by atoms with Gasteiger partial charge in [0.1, 0.15) is 10.0 Å². The van der Waals surface area contributed by atoms with Gasteiger partial charge in [-0.1, -0.05) is 60.7 Å². The Labute approximate surface area is 255 Å². The molecule has 0 atom stereocenters. The fraction of sp³-hybridized carbons (Fsp3) is 0. The molecule has 10 aromatic rings. The number of nitrogens with zero attached hydrogens (tertiary/aromatic N) is 2. The molecule has 4 heterocycles. The summed E-state index contributed by atoms with van der Waals surface area (Å²) in [5.41, 5.74) is 2.12. The summed E-state index contributed by atoms with van der Waals surface area (Å²) in [4.78, 5) is 12.7. The molecule has 0 N–H and O–H groups in total. The van der Waals surface area contributed by atoms with Crippen molar-refractivity contribution in [1.82, 2.24) is 9.97 Å². The maximum Gasteiger partial charge on any atom is 0.134 e. The molecule has 42 heavy (non-hydrogen) atoms. The van der Waals surface area contributed by atoms with Gasteiger partial charge in [0.05, 0.1) is 30.2 Å². The average molecular weight is 607 g/mol. The maximum absolute atomic E-state index is 5.11. The van der Waals surface area contributed by atoms with Crippen LogP contribution in [0.3, 0.4) is 0 Å². The minimum absolute atomic E-state index is 1.06. The highest BCUT2D eigenvalue weighted by atomic mass is 32.1. The van der Waals surface area contributed by atoms with Gasteiger partial charge < -0.3 is 0 Å². The quantitative estimate of drug-likeness (QED) is 0.196. The highest BCUT2D eigenvalue weighted by Crippen LogP contribution is 2.43. The second-order valence-electron chi connectivity index (χ2n) is 10.6. The molecule has 196 valence electrons. The van der Waals surface area contributed by atoms with Crippen molar-refractivity contribution in [3.05, 3.63) is 109 Å². The van der Waals surface area contributed by atoms with E-state index in [0.29, 0.717) is 0 Å². The molecule has 0 saturated carbocycles. The van der Waals surface area contributed by atoms with Crippen molar-refractivity contribution < 1.29 is 0 Å². The van der Waals surface area contributed by atoms with Crippen molar-refractivity contribution in [2.24, 2.45) is 0 Å². The smallest absolute Gasteiger partial charge is 0.134 e. The van der Waals surface area contributed by atoms with Gasteiger partial charge in [0.25, 0.3) is 0 Å². The monoisotopic (exact) mass is 606 g/mol. The zero-order chi connectivity index (χ0) is 27.4. The largest absolute Gasteiger partial charge is 0.235 e. The van der Waals surface area contributed by atoms with Crippen molar-refractivity contribution in [1.29, 1.82) is 0 Å². The summed E-state index contributed by atoms with van der Waals surface area (Å²) in [6.07, 6.45) is 0. The highest BCUT2D eigenvalue weighted by Gasteiger charge is 2.15. The van der Waals surface area contributed by atoms with Crippen molar-refractivity contribution >= 4 is 118 Å². The van der Waals surface area contributed by atoms with E-state index in [1.54, 1.807) is 22.7 Å². The molecular formula is C36H18N2S4. The zero-order valence-corrected chi connectivity index (χ0v) is 25.2. The molecule has 0 aliphatic carbocycles. The molecule has 10 rings (SSSR count). The van der Waals surface area contributed by atoms with E-state index in [9.17, 15) is 0 Å². The number of fused-ring (bicyclic) bond motifs is 9. The van der Waals surface area contributed by atoms with E-state index in [1.165, 1.54) is 71.6 Å². The molecule has 0 aliphatic heterocycles. The average Bonchev–Trinajstić information content (AvgIpc) is 3.82. The zero-order valence-electron chi connectivity index (χ0n) is 21.9. The van der Waals surface area contributed by atoms with Gasteiger partial charge in [-0.25, -0.2) is 9.97 Å². The fourth-order valence-electron chi connectivity index (χ4n) is 6.10. The molecule has 0 amide bonds. The summed E-state index contributed by atoms with van der Waals surface area (Å²) in [5.74, 6) is 0. The van der Waals surface area contributed by atoms with Crippen LogP contribution in [0.25, 0.3) is 92.7 Å². The van der Waals surface area contributed by atoms with Crippen molar-refractivity contribution in [3.63, 3.8) is 0 Å². The molecule has 0 spiro atoms. The molecule has 0 fully saturated rings. The van der Waals surface area contributed by atoms with E-state index in [-0.39, 0.29) is 0 Å². The Morgan fingerprint density at radius 2 is 0.833 bits per heavy atom. The summed E-state index contributed by atoms with van der Waals surface area (Å²) in [6.45, 7) is 0. The van der Waals surface area contributed by atoms with Gasteiger partial charge >= 0.3 is 0 Å². The summed E-state index contributed by atoms with van der Waals surface area (Å²) >= 11 is 7.22. The number of benzene rings is 6. The predicted molar refractivity (Wildman–Crippen MR) is 187 cm³/mol. The van der Waals surface area contributed by atoms with Gasteiger partial charge in [0, 0.05) is 20.2 Å². The Morgan fingerprint density at radius 1 is 0.357 bits per heavy atom. The second-order valence-corrected chi connectivity index (χ2v) is 14.9. The Kier molecular flexibility index (Phi) is 4.82. The molecule has 6 aromatic carbocycles. The van der Waals surface area contributed by atoms with Crippen LogP contribution in [0.5, 0.6) is 0 Å². The summed E-state index contributed by atoms with van der Waals surface area (Å²) in [7, 11) is 0. The molecule has 0 bridgehead atoms. The number of aromatic nitrogens is 2. The van der Waals surface area contributed by atoms with E-state index in [4.69, 9.17) is 9.97 Å². The first-order chi connectivity index (χ1) is 20.7. The minimum Gasteiger partial charge on any atom is -0.235 e. The first kappa shape index (κ1) is 23.4. The van der Waals surface area contributed by atoms with Crippen LogP contribution in [0, 0.1) is 0 Å². The lowest BCUT2D eigenvalue weighted by Crippen LogP contribution is -1.76. The molecule has 6 heteroatoms. The van der Waals surface area contributed by atoms with E-state index in [2.05, 4.69) is 109 Å². The van der Waals surface area contributed by atoms with Crippen LogP contribution in [0.4, 0.5) is 0 Å². The lowest BCUT2D eigenvalue weighted by atomic mass is 10.1. The first-order valence-electron chi connectivity index (χ1n) is 13.7. The molecular weight excluding hydrogens is 589 g/mol.